The van der Waals surface area contributed by atoms with Gasteiger partial charge in [0.15, 0.2) is 11.2 Å². The average Bonchev–Trinajstić information content (AvgIpc) is 3.17. The number of furan rings is 2. The number of benzene rings is 4. The molecule has 0 aliphatic rings. The first kappa shape index (κ1) is 13.1. The van der Waals surface area contributed by atoms with Crippen molar-refractivity contribution >= 4 is 54.6 Å². The molecular weight excluding hydrogens is 308 g/mol. The maximum absolute atomic E-state index is 6.24. The quantitative estimate of drug-likeness (QED) is 0.302. The van der Waals surface area contributed by atoms with Crippen LogP contribution in [-0.2, 0) is 0 Å². The van der Waals surface area contributed by atoms with Gasteiger partial charge in [-0.05, 0) is 48.0 Å². The normalized spacial score (nSPS) is 12.2. The van der Waals surface area contributed by atoms with Crippen molar-refractivity contribution in [2.45, 2.75) is 6.92 Å². The second-order valence-electron chi connectivity index (χ2n) is 6.72. The van der Waals surface area contributed by atoms with Crippen LogP contribution < -0.4 is 0 Å². The molecule has 4 aromatic carbocycles. The second-order valence-corrected chi connectivity index (χ2v) is 6.72. The van der Waals surface area contributed by atoms with Crippen LogP contribution in [0.5, 0.6) is 0 Å². The number of aryl methyl sites for hydroxylation is 1. The molecule has 0 spiro atoms. The van der Waals surface area contributed by atoms with E-state index in [1.165, 1.54) is 16.3 Å². The molecular formula is C23H14O2. The van der Waals surface area contributed by atoms with Crippen molar-refractivity contribution in [1.29, 1.82) is 0 Å². The summed E-state index contributed by atoms with van der Waals surface area (Å²) in [6, 6.07) is 23.2. The topological polar surface area (TPSA) is 26.3 Å². The van der Waals surface area contributed by atoms with E-state index in [0.29, 0.717) is 0 Å². The highest BCUT2D eigenvalue weighted by Crippen LogP contribution is 2.39. The standard InChI is InChI=1S/C23H14O2/c1-13-6-7-14-12-21-19(11-15(14)10-13)18-9-8-17-16-4-2-3-5-20(16)24-22(17)23(18)25-21/h2-12H,1H3. The molecule has 2 aromatic heterocycles. The van der Waals surface area contributed by atoms with E-state index in [9.17, 15) is 0 Å². The Bertz CT molecular complexity index is 1450. The molecule has 0 bridgehead atoms. The lowest BCUT2D eigenvalue weighted by molar-refractivity contribution is 0.633. The maximum atomic E-state index is 6.24. The Labute approximate surface area is 143 Å². The molecule has 0 atom stereocenters. The molecule has 0 unspecified atom stereocenters. The summed E-state index contributed by atoms with van der Waals surface area (Å²) in [4.78, 5) is 0. The van der Waals surface area contributed by atoms with Crippen LogP contribution in [0.3, 0.4) is 0 Å². The molecule has 0 radical (unpaired) electrons. The van der Waals surface area contributed by atoms with Gasteiger partial charge in [-0.2, -0.15) is 0 Å². The van der Waals surface area contributed by atoms with Crippen LogP contribution in [0.1, 0.15) is 5.56 Å². The molecule has 0 saturated carbocycles. The molecule has 118 valence electrons. The summed E-state index contributed by atoms with van der Waals surface area (Å²) in [5.41, 5.74) is 4.72. The summed E-state index contributed by atoms with van der Waals surface area (Å²) in [5, 5.41) is 6.89. The van der Waals surface area contributed by atoms with Crippen LogP contribution in [0.25, 0.3) is 54.6 Å². The second kappa shape index (κ2) is 4.42. The highest BCUT2D eigenvalue weighted by Gasteiger charge is 2.16. The molecule has 0 N–H and O–H groups in total. The zero-order valence-corrected chi connectivity index (χ0v) is 13.7. The van der Waals surface area contributed by atoms with Gasteiger partial charge >= 0.3 is 0 Å². The van der Waals surface area contributed by atoms with Crippen molar-refractivity contribution in [3.05, 3.63) is 72.3 Å². The van der Waals surface area contributed by atoms with E-state index in [1.807, 2.05) is 18.2 Å². The van der Waals surface area contributed by atoms with E-state index in [0.717, 1.165) is 43.9 Å². The molecule has 0 aliphatic heterocycles. The number of hydrogen-bond donors (Lipinski definition) is 0. The zero-order chi connectivity index (χ0) is 16.5. The smallest absolute Gasteiger partial charge is 0.178 e. The van der Waals surface area contributed by atoms with Crippen LogP contribution in [0.4, 0.5) is 0 Å². The molecule has 6 aromatic rings. The van der Waals surface area contributed by atoms with Gasteiger partial charge in [0.2, 0.25) is 0 Å². The molecule has 0 fully saturated rings. The van der Waals surface area contributed by atoms with Crippen molar-refractivity contribution in [3.63, 3.8) is 0 Å². The van der Waals surface area contributed by atoms with Gasteiger partial charge in [0.1, 0.15) is 11.2 Å². The summed E-state index contributed by atoms with van der Waals surface area (Å²) < 4.78 is 12.4. The van der Waals surface area contributed by atoms with Gasteiger partial charge in [-0.15, -0.1) is 0 Å². The molecule has 2 nitrogen and oxygen atoms in total. The van der Waals surface area contributed by atoms with Crippen molar-refractivity contribution in [3.8, 4) is 0 Å². The maximum Gasteiger partial charge on any atom is 0.178 e. The third-order valence-electron chi connectivity index (χ3n) is 5.10. The van der Waals surface area contributed by atoms with Gasteiger partial charge in [0.05, 0.1) is 0 Å². The highest BCUT2D eigenvalue weighted by molar-refractivity contribution is 6.20. The minimum atomic E-state index is 0.829. The van der Waals surface area contributed by atoms with Crippen molar-refractivity contribution in [1.82, 2.24) is 0 Å². The van der Waals surface area contributed by atoms with Crippen molar-refractivity contribution < 1.29 is 8.83 Å². The predicted molar refractivity (Wildman–Crippen MR) is 103 cm³/mol. The Hall–Kier alpha value is -3.26. The Morgan fingerprint density at radius 1 is 0.560 bits per heavy atom. The fourth-order valence-corrected chi connectivity index (χ4v) is 3.88. The van der Waals surface area contributed by atoms with Crippen LogP contribution in [0.2, 0.25) is 0 Å². The lowest BCUT2D eigenvalue weighted by Gasteiger charge is -1.99. The van der Waals surface area contributed by atoms with Crippen molar-refractivity contribution in [2.75, 3.05) is 0 Å². The molecule has 0 aliphatic carbocycles. The lowest BCUT2D eigenvalue weighted by Crippen LogP contribution is -1.75. The average molecular weight is 322 g/mol. The van der Waals surface area contributed by atoms with Crippen molar-refractivity contribution in [2.24, 2.45) is 0 Å². The van der Waals surface area contributed by atoms with Gasteiger partial charge < -0.3 is 8.83 Å². The molecule has 0 saturated heterocycles. The first-order valence-electron chi connectivity index (χ1n) is 8.45. The van der Waals surface area contributed by atoms with Gasteiger partial charge in [-0.25, -0.2) is 0 Å². The van der Waals surface area contributed by atoms with E-state index in [1.54, 1.807) is 0 Å². The molecule has 0 amide bonds. The SMILES string of the molecule is Cc1ccc2cc3oc4c(ccc5c6ccccc6oc54)c3cc2c1. The Balaban J connectivity index is 1.82. The zero-order valence-electron chi connectivity index (χ0n) is 13.7. The Kier molecular flexibility index (Phi) is 2.31. The van der Waals surface area contributed by atoms with E-state index in [2.05, 4.69) is 55.5 Å². The fraction of sp³-hybridized carbons (Fsp3) is 0.0435. The minimum absolute atomic E-state index is 0.829. The van der Waals surface area contributed by atoms with Crippen LogP contribution >= 0.6 is 0 Å². The minimum Gasteiger partial charge on any atom is -0.452 e. The number of fused-ring (bicyclic) bond motifs is 8. The van der Waals surface area contributed by atoms with Crippen LogP contribution in [-0.4, -0.2) is 0 Å². The summed E-state index contributed by atoms with van der Waals surface area (Å²) in [7, 11) is 0. The monoisotopic (exact) mass is 322 g/mol. The first-order chi connectivity index (χ1) is 12.3. The third-order valence-corrected chi connectivity index (χ3v) is 5.10. The van der Waals surface area contributed by atoms with E-state index >= 15 is 0 Å². The Morgan fingerprint density at radius 2 is 1.32 bits per heavy atom. The summed E-state index contributed by atoms with van der Waals surface area (Å²) in [5.74, 6) is 0. The van der Waals surface area contributed by atoms with Gasteiger partial charge in [-0.3, -0.25) is 0 Å². The van der Waals surface area contributed by atoms with Gasteiger partial charge in [-0.1, -0.05) is 42.0 Å². The number of rotatable bonds is 0. The molecule has 25 heavy (non-hydrogen) atoms. The molecule has 2 heteroatoms. The lowest BCUT2D eigenvalue weighted by atomic mass is 10.0. The molecule has 6 rings (SSSR count). The van der Waals surface area contributed by atoms with Crippen LogP contribution in [0.15, 0.2) is 75.6 Å². The predicted octanol–water partition coefficient (Wildman–Crippen LogP) is 6.95. The number of para-hydroxylation sites is 1. The van der Waals surface area contributed by atoms with E-state index in [-0.39, 0.29) is 0 Å². The Morgan fingerprint density at radius 3 is 2.20 bits per heavy atom. The fourth-order valence-electron chi connectivity index (χ4n) is 3.88. The summed E-state index contributed by atoms with van der Waals surface area (Å²) >= 11 is 0. The van der Waals surface area contributed by atoms with Gasteiger partial charge in [0, 0.05) is 21.5 Å². The number of hydrogen-bond acceptors (Lipinski definition) is 2. The third kappa shape index (κ3) is 1.69. The van der Waals surface area contributed by atoms with Gasteiger partial charge in [0.25, 0.3) is 0 Å². The van der Waals surface area contributed by atoms with Crippen LogP contribution in [0, 0.1) is 6.92 Å². The largest absolute Gasteiger partial charge is 0.452 e. The summed E-state index contributed by atoms with van der Waals surface area (Å²) in [6.45, 7) is 2.12. The highest BCUT2D eigenvalue weighted by atomic mass is 16.4. The van der Waals surface area contributed by atoms with E-state index < -0.39 is 0 Å². The first-order valence-corrected chi connectivity index (χ1v) is 8.45. The summed E-state index contributed by atoms with van der Waals surface area (Å²) in [6.07, 6.45) is 0. The van der Waals surface area contributed by atoms with E-state index in [4.69, 9.17) is 8.83 Å². The molecule has 2 heterocycles.